The number of benzene rings is 3. The van der Waals surface area contributed by atoms with Crippen molar-refractivity contribution in [2.45, 2.75) is 57.6 Å². The molecule has 3 atom stereocenters. The molecule has 1 heterocycles. The van der Waals surface area contributed by atoms with E-state index in [1.807, 2.05) is 56.3 Å². The molecule has 3 aromatic rings. The van der Waals surface area contributed by atoms with Gasteiger partial charge in [-0.05, 0) is 30.5 Å². The van der Waals surface area contributed by atoms with Crippen LogP contribution in [0.4, 0.5) is 0 Å². The van der Waals surface area contributed by atoms with Gasteiger partial charge in [0.1, 0.15) is 12.2 Å². The van der Waals surface area contributed by atoms with Crippen molar-refractivity contribution in [2.24, 2.45) is 0 Å². The highest BCUT2D eigenvalue weighted by Crippen LogP contribution is 2.31. The maximum atomic E-state index is 6.37. The minimum atomic E-state index is -0.683. The van der Waals surface area contributed by atoms with Gasteiger partial charge in [0.05, 0.1) is 32.5 Å². The van der Waals surface area contributed by atoms with Crippen LogP contribution >= 0.6 is 0 Å². The maximum Gasteiger partial charge on any atom is 0.163 e. The summed E-state index contributed by atoms with van der Waals surface area (Å²) in [6, 6.07) is 30.7. The lowest BCUT2D eigenvalue weighted by Crippen LogP contribution is -2.49. The van der Waals surface area contributed by atoms with E-state index in [1.54, 1.807) is 0 Å². The molecule has 0 saturated carbocycles. The van der Waals surface area contributed by atoms with Gasteiger partial charge in [-0.15, -0.1) is 0 Å². The van der Waals surface area contributed by atoms with Gasteiger partial charge in [-0.25, -0.2) is 0 Å². The fourth-order valence-electron chi connectivity index (χ4n) is 4.19. The highest BCUT2D eigenvalue weighted by atomic mass is 16.8. The maximum absolute atomic E-state index is 6.37. The first-order valence-corrected chi connectivity index (χ1v) is 12.0. The van der Waals surface area contributed by atoms with Crippen molar-refractivity contribution in [2.75, 3.05) is 13.2 Å². The molecule has 1 saturated heterocycles. The molecule has 0 aromatic heterocycles. The molecule has 0 bridgehead atoms. The highest BCUT2D eigenvalue weighted by molar-refractivity contribution is 5.15. The number of nitrogens with one attached hydrogen (secondary N) is 1. The number of ether oxygens (including phenoxy) is 4. The Hall–Kier alpha value is -2.54. The van der Waals surface area contributed by atoms with Crippen molar-refractivity contribution in [1.29, 1.82) is 0 Å². The third-order valence-electron chi connectivity index (χ3n) is 5.83. The third-order valence-corrected chi connectivity index (χ3v) is 5.83. The lowest BCUT2D eigenvalue weighted by Gasteiger charge is -2.28. The van der Waals surface area contributed by atoms with Crippen LogP contribution in [0.25, 0.3) is 0 Å². The second kappa shape index (κ2) is 12.2. The average molecular weight is 462 g/mol. The lowest BCUT2D eigenvalue weighted by atomic mass is 10.1. The summed E-state index contributed by atoms with van der Waals surface area (Å²) in [5.74, 6) is -0.683. The van der Waals surface area contributed by atoms with Crippen LogP contribution in [0.2, 0.25) is 0 Å². The molecule has 0 aliphatic carbocycles. The Labute approximate surface area is 203 Å². The molecule has 4 rings (SSSR count). The van der Waals surface area contributed by atoms with Crippen molar-refractivity contribution in [3.8, 4) is 0 Å². The van der Waals surface area contributed by atoms with Crippen LogP contribution in [0.1, 0.15) is 30.5 Å². The monoisotopic (exact) mass is 461 g/mol. The first-order valence-electron chi connectivity index (χ1n) is 12.0. The first-order chi connectivity index (χ1) is 16.6. The lowest BCUT2D eigenvalue weighted by molar-refractivity contribution is -0.154. The summed E-state index contributed by atoms with van der Waals surface area (Å²) in [4.78, 5) is 0. The quantitative estimate of drug-likeness (QED) is 0.407. The van der Waals surface area contributed by atoms with Crippen molar-refractivity contribution >= 4 is 0 Å². The molecule has 5 heteroatoms. The molecule has 180 valence electrons. The zero-order chi connectivity index (χ0) is 23.6. The minimum Gasteiger partial charge on any atom is -0.375 e. The molecule has 1 aliphatic heterocycles. The van der Waals surface area contributed by atoms with Gasteiger partial charge in [0, 0.05) is 6.54 Å². The molecule has 34 heavy (non-hydrogen) atoms. The van der Waals surface area contributed by atoms with Crippen molar-refractivity contribution in [3.63, 3.8) is 0 Å². The van der Waals surface area contributed by atoms with Gasteiger partial charge in [0.2, 0.25) is 0 Å². The topological polar surface area (TPSA) is 49.0 Å². The molecular formula is C29H35NO4. The smallest absolute Gasteiger partial charge is 0.163 e. The van der Waals surface area contributed by atoms with Gasteiger partial charge in [-0.1, -0.05) is 91.0 Å². The molecule has 5 nitrogen and oxygen atoms in total. The summed E-state index contributed by atoms with van der Waals surface area (Å²) in [6.45, 7) is 6.67. The van der Waals surface area contributed by atoms with Crippen LogP contribution in [-0.4, -0.2) is 37.3 Å². The Balaban J connectivity index is 1.40. The van der Waals surface area contributed by atoms with Crippen LogP contribution in [0, 0.1) is 0 Å². The van der Waals surface area contributed by atoms with Crippen molar-refractivity contribution in [1.82, 2.24) is 5.32 Å². The van der Waals surface area contributed by atoms with Gasteiger partial charge < -0.3 is 24.3 Å². The summed E-state index contributed by atoms with van der Waals surface area (Å²) < 4.78 is 24.8. The van der Waals surface area contributed by atoms with E-state index in [0.717, 1.165) is 17.7 Å². The van der Waals surface area contributed by atoms with Crippen molar-refractivity contribution in [3.05, 3.63) is 108 Å². The Bertz CT molecular complexity index is 965. The molecule has 0 amide bonds. The molecule has 3 aromatic carbocycles. The van der Waals surface area contributed by atoms with Gasteiger partial charge in [0.25, 0.3) is 0 Å². The molecule has 1 N–H and O–H groups in total. The summed E-state index contributed by atoms with van der Waals surface area (Å²) in [7, 11) is 0. The Morgan fingerprint density at radius 2 is 1.26 bits per heavy atom. The van der Waals surface area contributed by atoms with E-state index in [-0.39, 0.29) is 18.2 Å². The minimum absolute atomic E-state index is 0.0592. The van der Waals surface area contributed by atoms with E-state index in [1.165, 1.54) is 5.56 Å². The number of hydrogen-bond acceptors (Lipinski definition) is 5. The zero-order valence-electron chi connectivity index (χ0n) is 20.1. The summed E-state index contributed by atoms with van der Waals surface area (Å²) in [6.07, 6.45) is -0.405. The van der Waals surface area contributed by atoms with Gasteiger partial charge in [0.15, 0.2) is 5.79 Å². The van der Waals surface area contributed by atoms with Crippen molar-refractivity contribution < 1.29 is 18.9 Å². The third kappa shape index (κ3) is 7.49. The SMILES string of the molecule is CC1(C)O[C@H]([C@@H](COCc2ccccc2)NCc2ccccc2)[C@H](COCc2ccccc2)O1. The predicted octanol–water partition coefficient (Wildman–Crippen LogP) is 5.10. The average Bonchev–Trinajstić information content (AvgIpc) is 3.17. The van der Waals surface area contributed by atoms with E-state index in [4.69, 9.17) is 18.9 Å². The standard InChI is InChI=1S/C29H35NO4/c1-29(2)33-27(22-32-20-25-16-10-5-11-17-25)28(34-29)26(30-18-23-12-6-3-7-13-23)21-31-19-24-14-8-4-9-15-24/h3-17,26-28,30H,18-22H2,1-2H3/t26-,27+,28-/m1/s1. The van der Waals surface area contributed by atoms with E-state index in [2.05, 4.69) is 53.8 Å². The summed E-state index contributed by atoms with van der Waals surface area (Å²) in [5, 5.41) is 3.65. The summed E-state index contributed by atoms with van der Waals surface area (Å²) in [5.41, 5.74) is 3.50. The first kappa shape index (κ1) is 24.6. The molecule has 0 unspecified atom stereocenters. The Kier molecular flexibility index (Phi) is 8.85. The zero-order valence-corrected chi connectivity index (χ0v) is 20.1. The predicted molar refractivity (Wildman–Crippen MR) is 133 cm³/mol. The van der Waals surface area contributed by atoms with Gasteiger partial charge in [-0.3, -0.25) is 0 Å². The fraction of sp³-hybridized carbons (Fsp3) is 0.379. The normalized spacial score (nSPS) is 20.3. The van der Waals surface area contributed by atoms with Crippen LogP contribution in [-0.2, 0) is 38.7 Å². The number of hydrogen-bond donors (Lipinski definition) is 1. The van der Waals surface area contributed by atoms with Crippen LogP contribution in [0.5, 0.6) is 0 Å². The molecule has 0 radical (unpaired) electrons. The van der Waals surface area contributed by atoms with Crippen LogP contribution in [0.3, 0.4) is 0 Å². The molecular weight excluding hydrogens is 426 g/mol. The Morgan fingerprint density at radius 3 is 1.85 bits per heavy atom. The van der Waals surface area contributed by atoms with Crippen LogP contribution < -0.4 is 5.32 Å². The van der Waals surface area contributed by atoms with E-state index in [0.29, 0.717) is 26.4 Å². The second-order valence-corrected chi connectivity index (χ2v) is 9.11. The largest absolute Gasteiger partial charge is 0.375 e. The fourth-order valence-corrected chi connectivity index (χ4v) is 4.19. The van der Waals surface area contributed by atoms with E-state index in [9.17, 15) is 0 Å². The van der Waals surface area contributed by atoms with E-state index >= 15 is 0 Å². The Morgan fingerprint density at radius 1 is 0.735 bits per heavy atom. The molecule has 0 spiro atoms. The summed E-state index contributed by atoms with van der Waals surface area (Å²) >= 11 is 0. The second-order valence-electron chi connectivity index (χ2n) is 9.11. The molecule has 1 aliphatic rings. The number of rotatable bonds is 12. The van der Waals surface area contributed by atoms with Crippen LogP contribution in [0.15, 0.2) is 91.0 Å². The molecule has 1 fully saturated rings. The van der Waals surface area contributed by atoms with Gasteiger partial charge in [-0.2, -0.15) is 0 Å². The van der Waals surface area contributed by atoms with Gasteiger partial charge >= 0.3 is 0 Å². The highest BCUT2D eigenvalue weighted by Gasteiger charge is 2.45. The van der Waals surface area contributed by atoms with E-state index < -0.39 is 5.79 Å².